The molecule has 5 aliphatic carbocycles. The van der Waals surface area contributed by atoms with E-state index in [2.05, 4.69) is 286 Å². The van der Waals surface area contributed by atoms with Gasteiger partial charge in [-0.3, -0.25) is 0 Å². The molecule has 0 heterocycles. The fourth-order valence-electron chi connectivity index (χ4n) is 17.0. The molecule has 0 spiro atoms. The first kappa shape index (κ1) is 47.0. The zero-order valence-corrected chi connectivity index (χ0v) is 47.4. The Morgan fingerprint density at radius 1 is 0.185 bits per heavy atom. The van der Waals surface area contributed by atoms with E-state index in [4.69, 9.17) is 0 Å². The zero-order chi connectivity index (χ0) is 54.7. The average Bonchev–Trinajstić information content (AvgIpc) is 1.87. The Balaban J connectivity index is 0.922. The summed E-state index contributed by atoms with van der Waals surface area (Å²) in [6.07, 6.45) is 0. The third kappa shape index (κ3) is 5.76. The largest absolute Gasteiger partial charge is 0.0714 e. The highest BCUT2D eigenvalue weighted by atomic mass is 14.5. The monoisotopic (exact) mass is 1030 g/mol. The predicted molar refractivity (Wildman–Crippen MR) is 340 cm³/mol. The Hall–Kier alpha value is -8.84. The van der Waals surface area contributed by atoms with Crippen molar-refractivity contribution in [3.63, 3.8) is 0 Å². The first-order valence-electron chi connectivity index (χ1n) is 29.3. The number of hydrogen-bond acceptors (Lipinski definition) is 0. The minimum absolute atomic E-state index is 0.0902. The second kappa shape index (κ2) is 15.7. The topological polar surface area (TPSA) is 0 Å². The Morgan fingerprint density at radius 2 is 0.494 bits per heavy atom. The van der Waals surface area contributed by atoms with Crippen molar-refractivity contribution in [3.05, 3.63) is 297 Å². The highest BCUT2D eigenvalue weighted by molar-refractivity contribution is 6.14. The van der Waals surface area contributed by atoms with Gasteiger partial charge in [0.15, 0.2) is 0 Å². The molecule has 386 valence electrons. The van der Waals surface area contributed by atoms with Crippen molar-refractivity contribution in [2.24, 2.45) is 0 Å². The maximum Gasteiger partial charge on any atom is 0.0714 e. The summed E-state index contributed by atoms with van der Waals surface area (Å²) in [5, 5.41) is 5.24. The van der Waals surface area contributed by atoms with Gasteiger partial charge in [0.05, 0.1) is 5.41 Å². The van der Waals surface area contributed by atoms with Gasteiger partial charge in [-0.15, -0.1) is 0 Å². The number of rotatable bonds is 4. The van der Waals surface area contributed by atoms with E-state index in [-0.39, 0.29) is 21.7 Å². The second-order valence-corrected chi connectivity index (χ2v) is 26.2. The molecule has 0 aliphatic heterocycles. The minimum atomic E-state index is -0.613. The summed E-state index contributed by atoms with van der Waals surface area (Å²) < 4.78 is 0. The van der Waals surface area contributed by atoms with Gasteiger partial charge in [-0.2, -0.15) is 0 Å². The number of benzene rings is 12. The van der Waals surface area contributed by atoms with Crippen molar-refractivity contribution in [1.29, 1.82) is 0 Å². The lowest BCUT2D eigenvalue weighted by Crippen LogP contribution is -2.29. The van der Waals surface area contributed by atoms with Crippen LogP contribution in [0.3, 0.4) is 0 Å². The summed E-state index contributed by atoms with van der Waals surface area (Å²) in [6.45, 7) is 19.5. The van der Waals surface area contributed by atoms with Crippen LogP contribution in [0.1, 0.15) is 122 Å². The zero-order valence-electron chi connectivity index (χ0n) is 47.4. The molecule has 0 N–H and O–H groups in total. The van der Waals surface area contributed by atoms with Gasteiger partial charge in [0, 0.05) is 21.7 Å². The fraction of sp³-hybridized carbons (Fsp3) is 0.160. The molecule has 81 heavy (non-hydrogen) atoms. The van der Waals surface area contributed by atoms with Crippen LogP contribution < -0.4 is 0 Å². The minimum Gasteiger partial charge on any atom is -0.0622 e. The lowest BCUT2D eigenvalue weighted by molar-refractivity contribution is 0.659. The van der Waals surface area contributed by atoms with Crippen LogP contribution in [-0.2, 0) is 27.1 Å². The van der Waals surface area contributed by atoms with Crippen molar-refractivity contribution in [1.82, 2.24) is 0 Å². The van der Waals surface area contributed by atoms with Crippen LogP contribution in [-0.4, -0.2) is 0 Å². The van der Waals surface area contributed by atoms with Crippen LogP contribution in [0.5, 0.6) is 0 Å². The van der Waals surface area contributed by atoms with Crippen LogP contribution in [0.4, 0.5) is 0 Å². The summed E-state index contributed by atoms with van der Waals surface area (Å²) in [5.41, 5.74) is 33.9. The standard InChI is InChI=1S/C81H62/c1-77(2)63-37-21-19-33-55(63)73-53(35-23-39-65(73)77)57-41-71-75(51-31-17-15-29-49(51)57)61-45-69-59(43-67(61)79(71,5)6)60-44-68-62(46-70(60)81(69,47-25-11-9-12-26-47)48-27-13-10-14-28-48)76-52-32-18-16-30-50(52)58(42-72(76)80(68,7)8)54-36-24-40-66-74(54)56-34-20-22-38-64(56)78(66,3)4/h9-46H,1-8H3. The molecule has 0 fully saturated rings. The Kier molecular flexibility index (Phi) is 9.14. The summed E-state index contributed by atoms with van der Waals surface area (Å²) in [4.78, 5) is 0. The van der Waals surface area contributed by atoms with Crippen LogP contribution in [0.15, 0.2) is 231 Å². The fourth-order valence-corrected chi connectivity index (χ4v) is 17.0. The molecule has 0 unspecified atom stereocenters. The van der Waals surface area contributed by atoms with Crippen molar-refractivity contribution in [2.45, 2.75) is 82.5 Å². The quantitative estimate of drug-likeness (QED) is 0.165. The van der Waals surface area contributed by atoms with Gasteiger partial charge in [0.1, 0.15) is 0 Å². The smallest absolute Gasteiger partial charge is 0.0622 e. The summed E-state index contributed by atoms with van der Waals surface area (Å²) in [5.74, 6) is 0. The van der Waals surface area contributed by atoms with Crippen molar-refractivity contribution < 1.29 is 0 Å². The predicted octanol–water partition coefficient (Wildman–Crippen LogP) is 20.9. The van der Waals surface area contributed by atoms with Crippen LogP contribution >= 0.6 is 0 Å². The maximum atomic E-state index is 2.66. The lowest BCUT2D eigenvalue weighted by Gasteiger charge is -2.34. The lowest BCUT2D eigenvalue weighted by atomic mass is 9.67. The third-order valence-electron chi connectivity index (χ3n) is 20.9. The number of hydrogen-bond donors (Lipinski definition) is 0. The molecule has 0 atom stereocenters. The van der Waals surface area contributed by atoms with Gasteiger partial charge >= 0.3 is 0 Å². The van der Waals surface area contributed by atoms with Crippen molar-refractivity contribution in [2.75, 3.05) is 0 Å². The molecular formula is C81H62. The molecule has 0 bridgehead atoms. The highest BCUT2D eigenvalue weighted by Crippen LogP contribution is 2.65. The SMILES string of the molecule is CC1(C)c2ccccc2-c2c(-c3cc4c(c5ccccc35)-c3cc5c(cc3C4(C)C)-c3cc4c(cc3C5(c3ccccc3)c3ccccc3)-c3c(cc(-c5cccc6c5-c5ccccc5C6(C)C)c5ccccc35)C4(C)C)cccc21. The first-order chi connectivity index (χ1) is 39.2. The molecule has 0 saturated carbocycles. The normalized spacial score (nSPS) is 16.6. The Bertz CT molecular complexity index is 4480. The number of fused-ring (bicyclic) bond motifs is 19. The van der Waals surface area contributed by atoms with Gasteiger partial charge < -0.3 is 0 Å². The second-order valence-electron chi connectivity index (χ2n) is 26.2. The Morgan fingerprint density at radius 3 is 0.914 bits per heavy atom. The average molecular weight is 1040 g/mol. The van der Waals surface area contributed by atoms with E-state index in [1.807, 2.05) is 0 Å². The van der Waals surface area contributed by atoms with Crippen LogP contribution in [0.2, 0.25) is 0 Å². The molecule has 17 rings (SSSR count). The van der Waals surface area contributed by atoms with Crippen molar-refractivity contribution in [3.8, 4) is 77.9 Å². The first-order valence-corrected chi connectivity index (χ1v) is 29.3. The van der Waals surface area contributed by atoms with Gasteiger partial charge in [-0.05, 0) is 203 Å². The highest BCUT2D eigenvalue weighted by Gasteiger charge is 2.51. The maximum absolute atomic E-state index is 2.66. The molecule has 12 aromatic carbocycles. The van der Waals surface area contributed by atoms with Gasteiger partial charge in [0.25, 0.3) is 0 Å². The molecule has 0 radical (unpaired) electrons. The van der Waals surface area contributed by atoms with Crippen LogP contribution in [0.25, 0.3) is 99.4 Å². The van der Waals surface area contributed by atoms with E-state index in [0.29, 0.717) is 0 Å². The molecule has 12 aromatic rings. The van der Waals surface area contributed by atoms with E-state index in [1.165, 1.54) is 166 Å². The third-order valence-corrected chi connectivity index (χ3v) is 20.9. The van der Waals surface area contributed by atoms with E-state index in [1.54, 1.807) is 0 Å². The van der Waals surface area contributed by atoms with Gasteiger partial charge in [-0.1, -0.05) is 250 Å². The van der Waals surface area contributed by atoms with E-state index < -0.39 is 5.41 Å². The van der Waals surface area contributed by atoms with E-state index >= 15 is 0 Å². The van der Waals surface area contributed by atoms with E-state index in [0.717, 1.165) is 0 Å². The molecule has 0 amide bonds. The van der Waals surface area contributed by atoms with Crippen LogP contribution in [0, 0.1) is 0 Å². The summed E-state index contributed by atoms with van der Waals surface area (Å²) in [6, 6.07) is 89.6. The molecular weight excluding hydrogens is 973 g/mol. The molecule has 0 heteroatoms. The van der Waals surface area contributed by atoms with Gasteiger partial charge in [-0.25, -0.2) is 0 Å². The van der Waals surface area contributed by atoms with Crippen molar-refractivity contribution >= 4 is 21.5 Å². The van der Waals surface area contributed by atoms with E-state index in [9.17, 15) is 0 Å². The molecule has 0 saturated heterocycles. The molecule has 0 nitrogen and oxygen atoms in total. The molecule has 0 aromatic heterocycles. The van der Waals surface area contributed by atoms with Gasteiger partial charge in [0.2, 0.25) is 0 Å². The Labute approximate surface area is 476 Å². The summed E-state index contributed by atoms with van der Waals surface area (Å²) >= 11 is 0. The molecule has 5 aliphatic rings. The summed E-state index contributed by atoms with van der Waals surface area (Å²) in [7, 11) is 0.